The summed E-state index contributed by atoms with van der Waals surface area (Å²) in [4.78, 5) is 43.7. The molecule has 0 fully saturated rings. The van der Waals surface area contributed by atoms with Crippen molar-refractivity contribution in [2.75, 3.05) is 7.11 Å². The van der Waals surface area contributed by atoms with Gasteiger partial charge in [-0.2, -0.15) is 4.39 Å². The van der Waals surface area contributed by atoms with Crippen molar-refractivity contribution in [3.05, 3.63) is 94.7 Å². The van der Waals surface area contributed by atoms with Crippen LogP contribution in [0.5, 0.6) is 11.5 Å². The van der Waals surface area contributed by atoms with Gasteiger partial charge in [0.05, 0.1) is 24.1 Å². The summed E-state index contributed by atoms with van der Waals surface area (Å²) in [5, 5.41) is 4.29. The Morgan fingerprint density at radius 1 is 1.07 bits per heavy atom. The van der Waals surface area contributed by atoms with Crippen LogP contribution < -0.4 is 4.74 Å². The molecule has 0 aliphatic rings. The summed E-state index contributed by atoms with van der Waals surface area (Å²) in [6, 6.07) is 11.8. The van der Waals surface area contributed by atoms with Crippen LogP contribution in [0.1, 0.15) is 41.2 Å². The van der Waals surface area contributed by atoms with Gasteiger partial charge in [0.2, 0.25) is 17.4 Å². The highest BCUT2D eigenvalue weighted by atomic mass is 32.2. The molecule has 0 amide bonds. The molecule has 0 saturated heterocycles. The van der Waals surface area contributed by atoms with Crippen LogP contribution in [-0.2, 0) is 33.5 Å². The molecule has 3 aromatic carbocycles. The zero-order valence-corrected chi connectivity index (χ0v) is 25.4. The minimum atomic E-state index is -1.27. The third kappa shape index (κ3) is 6.48. The zero-order valence-electron chi connectivity index (χ0n) is 24.6. The number of hydrogen-bond donors (Lipinski definition) is 1. The van der Waals surface area contributed by atoms with Gasteiger partial charge in [-0.15, -0.1) is 5.10 Å². The second-order valence-electron chi connectivity index (χ2n) is 10.3. The number of aryl methyl sites for hydroxylation is 1. The number of rotatable bonds is 10. The molecule has 0 aliphatic heterocycles. The maximum absolute atomic E-state index is 15.3. The largest absolute Gasteiger partial charge is 0.469 e. The topological polar surface area (TPSA) is 116 Å². The predicted octanol–water partition coefficient (Wildman–Crippen LogP) is 6.54. The van der Waals surface area contributed by atoms with Crippen molar-refractivity contribution >= 4 is 39.5 Å². The fraction of sp³-hybridized carbons (Fsp3) is 0.219. The number of carbonyl (C=O) groups is 3. The lowest BCUT2D eigenvalue weighted by molar-refractivity contribution is -0.144. The number of aromatic nitrogens is 4. The first-order valence-electron chi connectivity index (χ1n) is 13.7. The number of hydrogen-bond acceptors (Lipinski definition) is 8. The van der Waals surface area contributed by atoms with E-state index in [2.05, 4.69) is 15.1 Å². The van der Waals surface area contributed by atoms with Crippen molar-refractivity contribution in [1.82, 2.24) is 19.7 Å². The van der Waals surface area contributed by atoms with E-state index in [4.69, 9.17) is 9.47 Å². The van der Waals surface area contributed by atoms with Gasteiger partial charge in [-0.05, 0) is 42.3 Å². The number of nitrogens with zero attached hydrogens (tertiary/aromatic N) is 3. The minimum absolute atomic E-state index is 0.00182. The van der Waals surface area contributed by atoms with E-state index in [1.54, 1.807) is 37.3 Å². The molecule has 2 aromatic heterocycles. The first-order chi connectivity index (χ1) is 21.5. The van der Waals surface area contributed by atoms with E-state index >= 15 is 8.78 Å². The van der Waals surface area contributed by atoms with Gasteiger partial charge < -0.3 is 14.5 Å². The molecule has 0 spiro atoms. The van der Waals surface area contributed by atoms with Crippen LogP contribution in [-0.4, -0.2) is 43.7 Å². The van der Waals surface area contributed by atoms with Crippen LogP contribution in [0.2, 0.25) is 0 Å². The van der Waals surface area contributed by atoms with Crippen molar-refractivity contribution in [3.63, 3.8) is 0 Å². The molecule has 5 rings (SSSR count). The number of thioether (sulfide) groups is 1. The molecule has 0 bridgehead atoms. The highest BCUT2D eigenvalue weighted by Crippen LogP contribution is 2.39. The van der Waals surface area contributed by atoms with Crippen molar-refractivity contribution in [2.45, 2.75) is 26.0 Å². The molecule has 0 radical (unpaired) electrons. The number of methoxy groups -OCH3 is 1. The Balaban J connectivity index is 1.47. The van der Waals surface area contributed by atoms with Gasteiger partial charge in [0.25, 0.3) is 0 Å². The number of fused-ring (bicyclic) bond motifs is 1. The summed E-state index contributed by atoms with van der Waals surface area (Å²) in [5.74, 6) is -5.19. The maximum atomic E-state index is 15.3. The van der Waals surface area contributed by atoms with Gasteiger partial charge in [-0.25, -0.2) is 18.4 Å². The SMILES string of the molecule is COC(=O)[C@H](C)Cc1cccc(C(=O)c2nc(-c3cc(Oc4c(F)c(F)c5[nH]ccc5c4CSC(C)=O)ccc3F)n(C)n2)c1. The minimum Gasteiger partial charge on any atom is -0.469 e. The highest BCUT2D eigenvalue weighted by Gasteiger charge is 2.25. The number of halogens is 3. The molecular weight excluding hydrogens is 609 g/mol. The summed E-state index contributed by atoms with van der Waals surface area (Å²) in [7, 11) is 2.79. The molecule has 13 heteroatoms. The number of ether oxygens (including phenoxy) is 2. The average Bonchev–Trinajstić information content (AvgIpc) is 3.66. The van der Waals surface area contributed by atoms with Crippen molar-refractivity contribution in [2.24, 2.45) is 13.0 Å². The van der Waals surface area contributed by atoms with E-state index in [0.29, 0.717) is 11.8 Å². The average molecular weight is 637 g/mol. The number of nitrogens with one attached hydrogen (secondary N) is 1. The van der Waals surface area contributed by atoms with Gasteiger partial charge in [-0.3, -0.25) is 14.4 Å². The summed E-state index contributed by atoms with van der Waals surface area (Å²) in [6.45, 7) is 3.07. The third-order valence-electron chi connectivity index (χ3n) is 7.08. The molecule has 232 valence electrons. The lowest BCUT2D eigenvalue weighted by Crippen LogP contribution is -2.15. The van der Waals surface area contributed by atoms with Gasteiger partial charge in [-0.1, -0.05) is 36.9 Å². The van der Waals surface area contributed by atoms with Gasteiger partial charge in [0, 0.05) is 42.4 Å². The van der Waals surface area contributed by atoms with E-state index in [-0.39, 0.29) is 56.4 Å². The highest BCUT2D eigenvalue weighted by molar-refractivity contribution is 8.12. The van der Waals surface area contributed by atoms with Crippen LogP contribution in [0.25, 0.3) is 22.3 Å². The molecule has 0 saturated carbocycles. The molecule has 5 aromatic rings. The van der Waals surface area contributed by atoms with Crippen LogP contribution in [0.4, 0.5) is 13.2 Å². The first-order valence-corrected chi connectivity index (χ1v) is 14.7. The van der Waals surface area contributed by atoms with Crippen LogP contribution in [0.3, 0.4) is 0 Å². The molecule has 45 heavy (non-hydrogen) atoms. The Kier molecular flexibility index (Phi) is 9.09. The van der Waals surface area contributed by atoms with Gasteiger partial charge >= 0.3 is 5.97 Å². The summed E-state index contributed by atoms with van der Waals surface area (Å²) >= 11 is 0.900. The molecule has 1 N–H and O–H groups in total. The van der Waals surface area contributed by atoms with E-state index in [1.807, 2.05) is 0 Å². The molecule has 0 unspecified atom stereocenters. The predicted molar refractivity (Wildman–Crippen MR) is 161 cm³/mol. The lowest BCUT2D eigenvalue weighted by atomic mass is 9.98. The Hall–Kier alpha value is -4.91. The van der Waals surface area contributed by atoms with Crippen molar-refractivity contribution in [1.29, 1.82) is 0 Å². The summed E-state index contributed by atoms with van der Waals surface area (Å²) in [5.41, 5.74) is 1.07. The van der Waals surface area contributed by atoms with E-state index in [9.17, 15) is 18.8 Å². The number of aromatic amines is 1. The molecule has 9 nitrogen and oxygen atoms in total. The quantitative estimate of drug-likeness (QED) is 0.136. The molecule has 2 heterocycles. The first kappa shape index (κ1) is 31.5. The molecule has 0 aliphatic carbocycles. The van der Waals surface area contributed by atoms with Crippen molar-refractivity contribution < 1.29 is 37.0 Å². The van der Waals surface area contributed by atoms with Crippen LogP contribution in [0, 0.1) is 23.4 Å². The number of H-pyrrole nitrogens is 1. The molecular formula is C32H27F3N4O5S. The third-order valence-corrected chi connectivity index (χ3v) is 7.92. The van der Waals surface area contributed by atoms with Crippen LogP contribution >= 0.6 is 11.8 Å². The van der Waals surface area contributed by atoms with E-state index in [0.717, 1.165) is 23.4 Å². The number of carbonyl (C=O) groups excluding carboxylic acids is 3. The van der Waals surface area contributed by atoms with Crippen molar-refractivity contribution in [3.8, 4) is 22.9 Å². The maximum Gasteiger partial charge on any atom is 0.308 e. The number of esters is 1. The summed E-state index contributed by atoms with van der Waals surface area (Å²) < 4.78 is 57.1. The lowest BCUT2D eigenvalue weighted by Gasteiger charge is -2.15. The second-order valence-corrected chi connectivity index (χ2v) is 11.4. The fourth-order valence-corrected chi connectivity index (χ4v) is 5.50. The van der Waals surface area contributed by atoms with Gasteiger partial charge in [0.15, 0.2) is 22.5 Å². The Labute approximate surface area is 259 Å². The van der Waals surface area contributed by atoms with Crippen LogP contribution in [0.15, 0.2) is 54.7 Å². The summed E-state index contributed by atoms with van der Waals surface area (Å²) in [6.07, 6.45) is 1.80. The van der Waals surface area contributed by atoms with E-state index < -0.39 is 34.9 Å². The smallest absolute Gasteiger partial charge is 0.308 e. The Morgan fingerprint density at radius 2 is 1.84 bits per heavy atom. The molecule has 1 atom stereocenters. The normalized spacial score (nSPS) is 11.9. The fourth-order valence-electron chi connectivity index (χ4n) is 4.87. The number of benzene rings is 3. The Morgan fingerprint density at radius 3 is 2.58 bits per heavy atom. The second kappa shape index (κ2) is 13.0. The van der Waals surface area contributed by atoms with Gasteiger partial charge in [0.1, 0.15) is 11.6 Å². The monoisotopic (exact) mass is 636 g/mol. The van der Waals surface area contributed by atoms with E-state index in [1.165, 1.54) is 44.1 Å². The Bertz CT molecular complexity index is 1950. The number of ketones is 1. The zero-order chi connectivity index (χ0) is 32.4. The standard InChI is InChI=1S/C32H27F3N4O5S/c1-16(32(42)43-4)12-18-6-5-7-19(13-18)28(41)30-37-31(39(3)38-30)22-14-20(8-9-24(22)33)44-29-23(15-45-17(2)40)21-10-11-36-27(21)25(34)26(29)35/h5-11,13-14,16,36H,12,15H2,1-4H3/t16-/m1/s1.